The van der Waals surface area contributed by atoms with Crippen molar-refractivity contribution in [2.45, 2.75) is 0 Å². The summed E-state index contributed by atoms with van der Waals surface area (Å²) in [7, 11) is 1.36. The Hall–Kier alpha value is -5.18. The summed E-state index contributed by atoms with van der Waals surface area (Å²) in [5, 5.41) is 24.5. The number of phenolic OH excluding ortho intramolecular Hbond substituents is 1. The van der Waals surface area contributed by atoms with Crippen molar-refractivity contribution in [1.82, 2.24) is 0 Å². The second kappa shape index (κ2) is 9.46. The molecule has 4 aromatic rings. The lowest BCUT2D eigenvalue weighted by Crippen LogP contribution is -2.26. The highest BCUT2D eigenvalue weighted by Crippen LogP contribution is 2.38. The molecule has 37 heavy (non-hydrogen) atoms. The average Bonchev–Trinajstić information content (AvgIpc) is 3.19. The van der Waals surface area contributed by atoms with Crippen LogP contribution in [0.15, 0.2) is 90.0 Å². The van der Waals surface area contributed by atoms with Gasteiger partial charge in [0.2, 0.25) is 0 Å². The molecule has 0 spiro atoms. The number of carboxylic acids is 1. The monoisotopic (exact) mass is 497 g/mol. The Bertz CT molecular complexity index is 1580. The molecule has 0 aromatic heterocycles. The van der Waals surface area contributed by atoms with E-state index in [-0.39, 0.29) is 28.5 Å². The first kappa shape index (κ1) is 23.6. The highest BCUT2D eigenvalue weighted by atomic mass is 19.1. The first-order chi connectivity index (χ1) is 17.9. The standard InChI is InChI=1S/C28H20FN3O5/c1-37-24-13-12-18(15-21(24)29)32-23-11-3-2-8-20(23)25(27(32)34)31-30-22-10-5-9-19(26(22)33)16-6-4-7-17(14-16)28(35)36/h2-15,30,33H,1H3,(H,35,36). The fourth-order valence-corrected chi connectivity index (χ4v) is 4.16. The quantitative estimate of drug-likeness (QED) is 0.243. The second-order valence-corrected chi connectivity index (χ2v) is 8.14. The van der Waals surface area contributed by atoms with E-state index in [2.05, 4.69) is 10.5 Å². The van der Waals surface area contributed by atoms with Crippen LogP contribution in [0.5, 0.6) is 11.5 Å². The lowest BCUT2D eigenvalue weighted by molar-refractivity contribution is -0.111. The van der Waals surface area contributed by atoms with E-state index in [1.165, 1.54) is 36.3 Å². The second-order valence-electron chi connectivity index (χ2n) is 8.14. The number of methoxy groups -OCH3 is 1. The van der Waals surface area contributed by atoms with Gasteiger partial charge >= 0.3 is 5.97 Å². The number of carboxylic acid groups (broad SMARTS) is 1. The third-order valence-electron chi connectivity index (χ3n) is 5.94. The van der Waals surface area contributed by atoms with Crippen molar-refractivity contribution < 1.29 is 28.9 Å². The summed E-state index contributed by atoms with van der Waals surface area (Å²) in [4.78, 5) is 26.1. The molecule has 1 aliphatic heterocycles. The van der Waals surface area contributed by atoms with Crippen LogP contribution in [0.1, 0.15) is 15.9 Å². The SMILES string of the molecule is COc1ccc(N2C(=O)C(=NNc3cccc(-c4cccc(C(=O)O)c4)c3O)c3ccccc32)cc1F. The number of halogens is 1. The van der Waals surface area contributed by atoms with Gasteiger partial charge < -0.3 is 14.9 Å². The number of anilines is 3. The summed E-state index contributed by atoms with van der Waals surface area (Å²) in [5.74, 6) is -2.28. The van der Waals surface area contributed by atoms with Crippen LogP contribution in [0, 0.1) is 5.82 Å². The lowest BCUT2D eigenvalue weighted by atomic mass is 10.0. The van der Waals surface area contributed by atoms with E-state index < -0.39 is 17.7 Å². The summed E-state index contributed by atoms with van der Waals surface area (Å²) >= 11 is 0. The molecule has 8 nitrogen and oxygen atoms in total. The Morgan fingerprint density at radius 2 is 1.73 bits per heavy atom. The minimum Gasteiger partial charge on any atom is -0.505 e. The smallest absolute Gasteiger partial charge is 0.335 e. The highest BCUT2D eigenvalue weighted by molar-refractivity contribution is 6.55. The topological polar surface area (TPSA) is 111 Å². The minimum absolute atomic E-state index is 0.0588. The summed E-state index contributed by atoms with van der Waals surface area (Å²) < 4.78 is 19.4. The summed E-state index contributed by atoms with van der Waals surface area (Å²) in [6, 6.07) is 22.3. The van der Waals surface area contributed by atoms with Crippen molar-refractivity contribution in [3.05, 3.63) is 102 Å². The molecule has 0 unspecified atom stereocenters. The summed E-state index contributed by atoms with van der Waals surface area (Å²) in [6.07, 6.45) is 0. The van der Waals surface area contributed by atoms with Gasteiger partial charge in [-0.2, -0.15) is 5.10 Å². The van der Waals surface area contributed by atoms with Crippen molar-refractivity contribution in [2.24, 2.45) is 5.10 Å². The number of nitrogens with one attached hydrogen (secondary N) is 1. The predicted octanol–water partition coefficient (Wildman–Crippen LogP) is 5.40. The third kappa shape index (κ3) is 4.23. The zero-order valence-corrected chi connectivity index (χ0v) is 19.5. The van der Waals surface area contributed by atoms with Crippen LogP contribution in [0.3, 0.4) is 0 Å². The number of nitrogens with zero attached hydrogens (tertiary/aromatic N) is 2. The molecule has 0 radical (unpaired) electrons. The van der Waals surface area contributed by atoms with Gasteiger partial charge in [0.15, 0.2) is 17.3 Å². The molecule has 0 saturated heterocycles. The molecule has 1 heterocycles. The van der Waals surface area contributed by atoms with Crippen molar-refractivity contribution >= 4 is 34.7 Å². The maximum Gasteiger partial charge on any atom is 0.335 e. The number of rotatable bonds is 6. The minimum atomic E-state index is -1.08. The number of hydrogen-bond acceptors (Lipinski definition) is 6. The van der Waals surface area contributed by atoms with Gasteiger partial charge in [-0.15, -0.1) is 0 Å². The molecule has 1 aliphatic rings. The molecule has 5 rings (SSSR count). The van der Waals surface area contributed by atoms with Gasteiger partial charge in [0.05, 0.1) is 29.7 Å². The Balaban J connectivity index is 1.50. The molecule has 0 aliphatic carbocycles. The third-order valence-corrected chi connectivity index (χ3v) is 5.94. The zero-order chi connectivity index (χ0) is 26.1. The number of aromatic carboxylic acids is 1. The van der Waals surface area contributed by atoms with Crippen LogP contribution < -0.4 is 15.1 Å². The normalized spacial score (nSPS) is 13.5. The van der Waals surface area contributed by atoms with Gasteiger partial charge in [0.25, 0.3) is 5.91 Å². The molecule has 0 fully saturated rings. The molecule has 1 amide bonds. The van der Waals surface area contributed by atoms with Gasteiger partial charge in [-0.05, 0) is 42.0 Å². The number of ether oxygens (including phenoxy) is 1. The fourth-order valence-electron chi connectivity index (χ4n) is 4.16. The molecule has 184 valence electrons. The highest BCUT2D eigenvalue weighted by Gasteiger charge is 2.35. The number of para-hydroxylation sites is 2. The number of hydrazone groups is 1. The number of aromatic hydroxyl groups is 1. The van der Waals surface area contributed by atoms with Gasteiger partial charge in [-0.3, -0.25) is 15.1 Å². The molecular weight excluding hydrogens is 477 g/mol. The molecule has 4 aromatic carbocycles. The molecule has 0 bridgehead atoms. The van der Waals surface area contributed by atoms with Crippen LogP contribution in [0.4, 0.5) is 21.5 Å². The number of carbonyl (C=O) groups excluding carboxylic acids is 1. The van der Waals surface area contributed by atoms with Crippen LogP contribution in [0.2, 0.25) is 0 Å². The predicted molar refractivity (Wildman–Crippen MR) is 137 cm³/mol. The van der Waals surface area contributed by atoms with E-state index in [1.807, 2.05) is 0 Å². The number of benzene rings is 4. The van der Waals surface area contributed by atoms with Gasteiger partial charge in [0, 0.05) is 17.2 Å². The van der Waals surface area contributed by atoms with Crippen molar-refractivity contribution in [3.8, 4) is 22.6 Å². The van der Waals surface area contributed by atoms with E-state index in [4.69, 9.17) is 4.74 Å². The molecule has 0 saturated carbocycles. The van der Waals surface area contributed by atoms with Crippen LogP contribution in [-0.4, -0.2) is 34.9 Å². The number of carbonyl (C=O) groups is 2. The summed E-state index contributed by atoms with van der Waals surface area (Å²) in [5.41, 5.74) is 5.38. The molecular formula is C28H20FN3O5. The van der Waals surface area contributed by atoms with E-state index >= 15 is 0 Å². The van der Waals surface area contributed by atoms with Gasteiger partial charge in [-0.1, -0.05) is 42.5 Å². The fraction of sp³-hybridized carbons (Fsp3) is 0.0357. The molecule has 3 N–H and O–H groups in total. The first-order valence-corrected chi connectivity index (χ1v) is 11.2. The largest absolute Gasteiger partial charge is 0.505 e. The first-order valence-electron chi connectivity index (χ1n) is 11.2. The number of phenols is 1. The average molecular weight is 497 g/mol. The van der Waals surface area contributed by atoms with E-state index in [1.54, 1.807) is 60.7 Å². The van der Waals surface area contributed by atoms with Crippen LogP contribution >= 0.6 is 0 Å². The van der Waals surface area contributed by atoms with Crippen molar-refractivity contribution in [1.29, 1.82) is 0 Å². The van der Waals surface area contributed by atoms with E-state index in [0.717, 1.165) is 0 Å². The Morgan fingerprint density at radius 1 is 0.973 bits per heavy atom. The number of amides is 1. The number of fused-ring (bicyclic) bond motifs is 1. The Labute approximate surface area is 210 Å². The molecule has 9 heteroatoms. The van der Waals surface area contributed by atoms with Gasteiger partial charge in [-0.25, -0.2) is 9.18 Å². The number of hydrogen-bond donors (Lipinski definition) is 3. The zero-order valence-electron chi connectivity index (χ0n) is 19.5. The maximum atomic E-state index is 14.4. The maximum absolute atomic E-state index is 14.4. The van der Waals surface area contributed by atoms with Crippen LogP contribution in [-0.2, 0) is 4.79 Å². The van der Waals surface area contributed by atoms with E-state index in [0.29, 0.717) is 28.1 Å². The van der Waals surface area contributed by atoms with E-state index in [9.17, 15) is 24.2 Å². The summed E-state index contributed by atoms with van der Waals surface area (Å²) in [6.45, 7) is 0. The lowest BCUT2D eigenvalue weighted by Gasteiger charge is -2.17. The van der Waals surface area contributed by atoms with Crippen molar-refractivity contribution in [3.63, 3.8) is 0 Å². The van der Waals surface area contributed by atoms with Crippen LogP contribution in [0.25, 0.3) is 11.1 Å². The Kier molecular flexibility index (Phi) is 6.02. The molecule has 0 atom stereocenters. The Morgan fingerprint density at radius 3 is 2.49 bits per heavy atom. The van der Waals surface area contributed by atoms with Gasteiger partial charge in [0.1, 0.15) is 5.75 Å². The van der Waals surface area contributed by atoms with Crippen molar-refractivity contribution in [2.75, 3.05) is 17.4 Å².